The second-order valence-corrected chi connectivity index (χ2v) is 5.44. The zero-order valence-corrected chi connectivity index (χ0v) is 12.7. The molecule has 2 heterocycles. The molecule has 8 nitrogen and oxygen atoms in total. The normalized spacial score (nSPS) is 15.8. The van der Waals surface area contributed by atoms with Crippen LogP contribution in [0.3, 0.4) is 0 Å². The lowest BCUT2D eigenvalue weighted by atomic mass is 10.3. The quantitative estimate of drug-likeness (QED) is 0.462. The third-order valence-electron chi connectivity index (χ3n) is 3.16. The van der Waals surface area contributed by atoms with Crippen LogP contribution >= 0.6 is 11.3 Å². The largest absolute Gasteiger partial charge is 0.450 e. The number of carbonyl (C=O) groups is 2. The first-order valence-electron chi connectivity index (χ1n) is 6.73. The molecule has 1 aromatic heterocycles. The van der Waals surface area contributed by atoms with Gasteiger partial charge in [0.25, 0.3) is 5.91 Å². The number of ether oxygens (including phenoxy) is 1. The van der Waals surface area contributed by atoms with Gasteiger partial charge in [-0.05, 0) is 6.92 Å². The van der Waals surface area contributed by atoms with Gasteiger partial charge in [0.15, 0.2) is 5.01 Å². The van der Waals surface area contributed by atoms with E-state index in [2.05, 4.69) is 15.3 Å². The van der Waals surface area contributed by atoms with Crippen molar-refractivity contribution >= 4 is 23.3 Å². The highest BCUT2D eigenvalue weighted by molar-refractivity contribution is 7.11. The molecule has 9 heteroatoms. The number of aromatic nitrogens is 1. The first-order chi connectivity index (χ1) is 10.1. The van der Waals surface area contributed by atoms with E-state index in [0.717, 1.165) is 18.8 Å². The summed E-state index contributed by atoms with van der Waals surface area (Å²) < 4.78 is 4.98. The number of piperazine rings is 1. The average Bonchev–Trinajstić information content (AvgIpc) is 2.96. The van der Waals surface area contributed by atoms with Gasteiger partial charge in [0, 0.05) is 38.1 Å². The highest BCUT2D eigenvalue weighted by Crippen LogP contribution is 2.13. The highest BCUT2D eigenvalue weighted by Gasteiger charge is 2.22. The first-order valence-corrected chi connectivity index (χ1v) is 7.61. The number of nitrogen functional groups attached to an aromatic ring is 1. The van der Waals surface area contributed by atoms with Crippen LogP contribution in [-0.4, -0.2) is 59.6 Å². The fourth-order valence-corrected chi connectivity index (χ4v) is 2.79. The molecule has 0 bridgehead atoms. The number of nitrogens with one attached hydrogen (secondary N) is 1. The van der Waals surface area contributed by atoms with Crippen molar-refractivity contribution in [3.05, 3.63) is 16.1 Å². The number of hydrazine groups is 1. The van der Waals surface area contributed by atoms with Gasteiger partial charge in [-0.3, -0.25) is 15.1 Å². The summed E-state index contributed by atoms with van der Waals surface area (Å²) >= 11 is 1.27. The van der Waals surface area contributed by atoms with E-state index in [-0.39, 0.29) is 12.0 Å². The maximum atomic E-state index is 11.6. The molecule has 0 radical (unpaired) electrons. The summed E-state index contributed by atoms with van der Waals surface area (Å²) in [6.45, 7) is 5.64. The highest BCUT2D eigenvalue weighted by atomic mass is 32.1. The van der Waals surface area contributed by atoms with E-state index in [1.807, 2.05) is 5.38 Å². The predicted molar refractivity (Wildman–Crippen MR) is 77.6 cm³/mol. The van der Waals surface area contributed by atoms with Gasteiger partial charge < -0.3 is 9.64 Å². The molecular weight excluding hydrogens is 294 g/mol. The van der Waals surface area contributed by atoms with Gasteiger partial charge in [0.1, 0.15) is 0 Å². The van der Waals surface area contributed by atoms with Gasteiger partial charge in [0.05, 0.1) is 12.3 Å². The Balaban J connectivity index is 1.82. The van der Waals surface area contributed by atoms with E-state index in [9.17, 15) is 9.59 Å². The molecule has 2 amide bonds. The third-order valence-corrected chi connectivity index (χ3v) is 4.05. The first kappa shape index (κ1) is 15.7. The van der Waals surface area contributed by atoms with Gasteiger partial charge in [-0.2, -0.15) is 0 Å². The molecule has 116 valence electrons. The van der Waals surface area contributed by atoms with E-state index in [0.29, 0.717) is 31.2 Å². The molecule has 0 aliphatic carbocycles. The smallest absolute Gasteiger partial charge is 0.409 e. The molecule has 1 aliphatic rings. The van der Waals surface area contributed by atoms with E-state index >= 15 is 0 Å². The number of nitrogens with zero attached hydrogens (tertiary/aromatic N) is 3. The Morgan fingerprint density at radius 3 is 2.76 bits per heavy atom. The molecule has 1 aromatic rings. The Morgan fingerprint density at radius 1 is 1.43 bits per heavy atom. The van der Waals surface area contributed by atoms with Gasteiger partial charge in [-0.1, -0.05) is 0 Å². The number of hydrogen-bond donors (Lipinski definition) is 2. The lowest BCUT2D eigenvalue weighted by Crippen LogP contribution is -2.48. The van der Waals surface area contributed by atoms with Crippen molar-refractivity contribution in [2.45, 2.75) is 13.5 Å². The predicted octanol–water partition coefficient (Wildman–Crippen LogP) is 0.0207. The molecule has 21 heavy (non-hydrogen) atoms. The minimum absolute atomic E-state index is 0.257. The van der Waals surface area contributed by atoms with Crippen LogP contribution in [0.15, 0.2) is 5.38 Å². The van der Waals surface area contributed by atoms with Crippen molar-refractivity contribution in [2.24, 2.45) is 5.84 Å². The second kappa shape index (κ2) is 7.34. The van der Waals surface area contributed by atoms with Crippen LogP contribution in [0.25, 0.3) is 0 Å². The van der Waals surface area contributed by atoms with Gasteiger partial charge in [0.2, 0.25) is 0 Å². The maximum absolute atomic E-state index is 11.6. The molecule has 0 atom stereocenters. The van der Waals surface area contributed by atoms with Crippen molar-refractivity contribution in [1.29, 1.82) is 0 Å². The van der Waals surface area contributed by atoms with Crippen molar-refractivity contribution in [3.63, 3.8) is 0 Å². The number of thiazole rings is 1. The van der Waals surface area contributed by atoms with Crippen molar-refractivity contribution in [2.75, 3.05) is 32.8 Å². The monoisotopic (exact) mass is 313 g/mol. The average molecular weight is 313 g/mol. The summed E-state index contributed by atoms with van der Waals surface area (Å²) in [5.74, 6) is 4.70. The van der Waals surface area contributed by atoms with Crippen LogP contribution < -0.4 is 11.3 Å². The molecule has 0 unspecified atom stereocenters. The molecule has 1 aliphatic heterocycles. The molecule has 2 rings (SSSR count). The minimum Gasteiger partial charge on any atom is -0.450 e. The molecule has 1 saturated heterocycles. The summed E-state index contributed by atoms with van der Waals surface area (Å²) in [6, 6.07) is 0. The standard InChI is InChI=1S/C12H19N5O3S/c1-2-20-12(19)17-5-3-16(4-6-17)7-9-8-21-11(14-9)10(18)15-13/h8H,2-7,13H2,1H3,(H,15,18). The van der Waals surface area contributed by atoms with E-state index in [1.165, 1.54) is 11.3 Å². The number of amides is 2. The number of nitrogens with two attached hydrogens (primary N) is 1. The SMILES string of the molecule is CCOC(=O)N1CCN(Cc2csc(C(=O)NN)n2)CC1. The second-order valence-electron chi connectivity index (χ2n) is 4.58. The minimum atomic E-state index is -0.376. The molecule has 3 N–H and O–H groups in total. The number of hydrogen-bond acceptors (Lipinski definition) is 7. The van der Waals surface area contributed by atoms with Crippen molar-refractivity contribution in [1.82, 2.24) is 20.2 Å². The molecule has 0 saturated carbocycles. The third kappa shape index (κ3) is 4.13. The van der Waals surface area contributed by atoms with Gasteiger partial charge in [-0.15, -0.1) is 11.3 Å². The Labute approximate surface area is 126 Å². The molecule has 0 spiro atoms. The Kier molecular flexibility index (Phi) is 5.48. The zero-order chi connectivity index (χ0) is 15.2. The fourth-order valence-electron chi connectivity index (χ4n) is 2.08. The van der Waals surface area contributed by atoms with Crippen molar-refractivity contribution < 1.29 is 14.3 Å². The van der Waals surface area contributed by atoms with Crippen LogP contribution in [-0.2, 0) is 11.3 Å². The van der Waals surface area contributed by atoms with Crippen LogP contribution in [0.2, 0.25) is 0 Å². The van der Waals surface area contributed by atoms with Crippen molar-refractivity contribution in [3.8, 4) is 0 Å². The number of rotatable bonds is 4. The van der Waals surface area contributed by atoms with Gasteiger partial charge >= 0.3 is 6.09 Å². The van der Waals surface area contributed by atoms with E-state index in [4.69, 9.17) is 10.6 Å². The fraction of sp³-hybridized carbons (Fsp3) is 0.583. The van der Waals surface area contributed by atoms with E-state index in [1.54, 1.807) is 11.8 Å². The summed E-state index contributed by atoms with van der Waals surface area (Å²) in [5.41, 5.74) is 2.90. The zero-order valence-electron chi connectivity index (χ0n) is 11.9. The van der Waals surface area contributed by atoms with Crippen LogP contribution in [0, 0.1) is 0 Å². The molecule has 0 aromatic carbocycles. The van der Waals surface area contributed by atoms with E-state index < -0.39 is 0 Å². The Hall–Kier alpha value is -1.71. The summed E-state index contributed by atoms with van der Waals surface area (Å²) in [7, 11) is 0. The maximum Gasteiger partial charge on any atom is 0.409 e. The number of carbonyl (C=O) groups excluding carboxylic acids is 2. The van der Waals surface area contributed by atoms with Crippen LogP contribution in [0.1, 0.15) is 22.4 Å². The van der Waals surface area contributed by atoms with Crippen LogP contribution in [0.4, 0.5) is 4.79 Å². The summed E-state index contributed by atoms with van der Waals surface area (Å²) in [4.78, 5) is 31.1. The molecule has 1 fully saturated rings. The molecular formula is C12H19N5O3S. The summed E-state index contributed by atoms with van der Waals surface area (Å²) in [5, 5.41) is 2.21. The lowest BCUT2D eigenvalue weighted by Gasteiger charge is -2.33. The summed E-state index contributed by atoms with van der Waals surface area (Å²) in [6.07, 6.45) is -0.257. The lowest BCUT2D eigenvalue weighted by molar-refractivity contribution is 0.0774. The van der Waals surface area contributed by atoms with Gasteiger partial charge in [-0.25, -0.2) is 15.6 Å². The Bertz CT molecular complexity index is 499. The Morgan fingerprint density at radius 2 is 2.14 bits per heavy atom. The topological polar surface area (TPSA) is 101 Å². The van der Waals surface area contributed by atoms with Crippen LogP contribution in [0.5, 0.6) is 0 Å².